The van der Waals surface area contributed by atoms with E-state index < -0.39 is 11.5 Å². The number of carboxylic acids is 1. The third-order valence-electron chi connectivity index (χ3n) is 3.31. The molecule has 0 aromatic heterocycles. The Kier molecular flexibility index (Phi) is 6.65. The van der Waals surface area contributed by atoms with Crippen LogP contribution in [0.2, 0.25) is 0 Å². The van der Waals surface area contributed by atoms with Crippen LogP contribution >= 0.6 is 11.8 Å². The van der Waals surface area contributed by atoms with Gasteiger partial charge in [-0.15, -0.1) is 11.8 Å². The van der Waals surface area contributed by atoms with Crippen molar-refractivity contribution in [3.8, 4) is 0 Å². The summed E-state index contributed by atoms with van der Waals surface area (Å²) < 4.78 is 0. The number of likely N-dealkylation sites (tertiary alicyclic amines) is 1. The molecule has 1 atom stereocenters. The summed E-state index contributed by atoms with van der Waals surface area (Å²) in [7, 11) is 0. The van der Waals surface area contributed by atoms with Gasteiger partial charge in [0.2, 0.25) is 5.91 Å². The Morgan fingerprint density at radius 2 is 2.00 bits per heavy atom. The van der Waals surface area contributed by atoms with Gasteiger partial charge in [0, 0.05) is 18.8 Å². The van der Waals surface area contributed by atoms with E-state index >= 15 is 0 Å². The maximum Gasteiger partial charge on any atom is 0.324 e. The molecule has 19 heavy (non-hydrogen) atoms. The molecule has 0 aliphatic carbocycles. The third-order valence-corrected chi connectivity index (χ3v) is 4.54. The van der Waals surface area contributed by atoms with Gasteiger partial charge in [-0.1, -0.05) is 6.92 Å². The Bertz CT molecular complexity index is 319. The predicted molar refractivity (Wildman–Crippen MR) is 77.5 cm³/mol. The van der Waals surface area contributed by atoms with Gasteiger partial charge in [-0.05, 0) is 32.7 Å². The van der Waals surface area contributed by atoms with Crippen LogP contribution in [0.25, 0.3) is 0 Å². The second-order valence-corrected chi connectivity index (χ2v) is 6.13. The Balaban J connectivity index is 2.35. The molecule has 0 bridgehead atoms. The van der Waals surface area contributed by atoms with Crippen LogP contribution in [0.5, 0.6) is 0 Å². The lowest BCUT2D eigenvalue weighted by molar-refractivity contribution is -0.143. The molecule has 110 valence electrons. The highest BCUT2D eigenvalue weighted by Gasteiger charge is 2.32. The van der Waals surface area contributed by atoms with Gasteiger partial charge >= 0.3 is 5.97 Å². The van der Waals surface area contributed by atoms with Crippen LogP contribution in [0.4, 0.5) is 0 Å². The number of carboxylic acid groups (broad SMARTS) is 1. The number of nitrogens with one attached hydrogen (secondary N) is 1. The van der Waals surface area contributed by atoms with E-state index in [2.05, 4.69) is 5.32 Å². The van der Waals surface area contributed by atoms with Crippen LogP contribution in [0.3, 0.4) is 0 Å². The van der Waals surface area contributed by atoms with E-state index in [0.29, 0.717) is 18.1 Å². The summed E-state index contributed by atoms with van der Waals surface area (Å²) in [5, 5.41) is 12.3. The molecule has 1 amide bonds. The first-order chi connectivity index (χ1) is 8.99. The van der Waals surface area contributed by atoms with Crippen molar-refractivity contribution in [2.45, 2.75) is 38.6 Å². The average molecular weight is 288 g/mol. The topological polar surface area (TPSA) is 69.6 Å². The smallest absolute Gasteiger partial charge is 0.324 e. The first-order valence-corrected chi connectivity index (χ1v) is 7.99. The van der Waals surface area contributed by atoms with Gasteiger partial charge in [0.15, 0.2) is 0 Å². The minimum Gasteiger partial charge on any atom is -0.480 e. The molecule has 0 aromatic rings. The van der Waals surface area contributed by atoms with E-state index in [1.54, 1.807) is 6.92 Å². The largest absolute Gasteiger partial charge is 0.480 e. The second kappa shape index (κ2) is 7.75. The highest BCUT2D eigenvalue weighted by atomic mass is 32.2. The molecule has 5 nitrogen and oxygen atoms in total. The molecule has 6 heteroatoms. The zero-order valence-electron chi connectivity index (χ0n) is 11.8. The molecular weight excluding hydrogens is 264 g/mol. The Hall–Kier alpha value is -0.750. The minimum absolute atomic E-state index is 0.130. The summed E-state index contributed by atoms with van der Waals surface area (Å²) >= 11 is 1.40. The lowest BCUT2D eigenvalue weighted by Gasteiger charge is -2.26. The molecule has 1 fully saturated rings. The molecule has 1 unspecified atom stereocenters. The van der Waals surface area contributed by atoms with E-state index in [-0.39, 0.29) is 5.91 Å². The summed E-state index contributed by atoms with van der Waals surface area (Å²) in [6.07, 6.45) is 3.06. The van der Waals surface area contributed by atoms with Crippen molar-refractivity contribution in [1.82, 2.24) is 10.2 Å². The van der Waals surface area contributed by atoms with Crippen molar-refractivity contribution in [2.24, 2.45) is 0 Å². The summed E-state index contributed by atoms with van der Waals surface area (Å²) in [5.41, 5.74) is -0.952. The number of carbonyl (C=O) groups excluding carboxylic acids is 1. The Morgan fingerprint density at radius 1 is 1.37 bits per heavy atom. The number of rotatable bonds is 8. The molecule has 0 saturated carbocycles. The van der Waals surface area contributed by atoms with E-state index in [1.807, 2.05) is 11.8 Å². The van der Waals surface area contributed by atoms with Gasteiger partial charge in [-0.25, -0.2) is 0 Å². The fourth-order valence-corrected chi connectivity index (χ4v) is 3.08. The molecule has 1 aliphatic heterocycles. The fourth-order valence-electron chi connectivity index (χ4n) is 1.99. The van der Waals surface area contributed by atoms with Crippen molar-refractivity contribution in [2.75, 3.05) is 31.1 Å². The highest BCUT2D eigenvalue weighted by molar-refractivity contribution is 8.00. The Labute approximate surface area is 119 Å². The van der Waals surface area contributed by atoms with Crippen LogP contribution in [0.15, 0.2) is 0 Å². The highest BCUT2D eigenvalue weighted by Crippen LogP contribution is 2.16. The zero-order valence-corrected chi connectivity index (χ0v) is 12.6. The molecule has 0 radical (unpaired) electrons. The lowest BCUT2D eigenvalue weighted by atomic mass is 10.1. The van der Waals surface area contributed by atoms with Gasteiger partial charge in [0.25, 0.3) is 0 Å². The molecular formula is C13H24N2O3S. The number of hydrogen-bond acceptors (Lipinski definition) is 4. The van der Waals surface area contributed by atoms with Gasteiger partial charge in [0.1, 0.15) is 5.54 Å². The standard InChI is InChI=1S/C13H24N2O3S/c1-3-6-14-13(2,12(17)18)10-19-9-11(16)15-7-4-5-8-15/h14H,3-10H2,1-2H3,(H,17,18). The average Bonchev–Trinajstić information content (AvgIpc) is 2.90. The van der Waals surface area contributed by atoms with E-state index in [0.717, 1.165) is 32.4 Å². The normalized spacial score (nSPS) is 18.3. The van der Waals surface area contributed by atoms with Gasteiger partial charge < -0.3 is 15.3 Å². The SMILES string of the molecule is CCCNC(C)(CSCC(=O)N1CCCC1)C(=O)O. The molecule has 1 rings (SSSR count). The van der Waals surface area contributed by atoms with Crippen LogP contribution in [0, 0.1) is 0 Å². The predicted octanol–water partition coefficient (Wildman–Crippen LogP) is 1.18. The maximum atomic E-state index is 11.9. The van der Waals surface area contributed by atoms with Gasteiger partial charge in [-0.2, -0.15) is 0 Å². The molecule has 1 saturated heterocycles. The van der Waals surface area contributed by atoms with Crippen LogP contribution in [0.1, 0.15) is 33.1 Å². The molecule has 1 aliphatic rings. The Morgan fingerprint density at radius 3 is 2.53 bits per heavy atom. The summed E-state index contributed by atoms with van der Waals surface area (Å²) in [4.78, 5) is 25.0. The molecule has 0 aromatic carbocycles. The first-order valence-electron chi connectivity index (χ1n) is 6.83. The summed E-state index contributed by atoms with van der Waals surface area (Å²) in [6.45, 7) is 6.05. The van der Waals surface area contributed by atoms with Crippen molar-refractivity contribution < 1.29 is 14.7 Å². The first kappa shape index (κ1) is 16.3. The molecule has 0 spiro atoms. The summed E-state index contributed by atoms with van der Waals surface area (Å²) in [5.74, 6) is 0.0475. The number of thioether (sulfide) groups is 1. The second-order valence-electron chi connectivity index (χ2n) is 5.14. The number of nitrogens with zero attached hydrogens (tertiary/aromatic N) is 1. The quantitative estimate of drug-likeness (QED) is 0.702. The number of hydrogen-bond donors (Lipinski definition) is 2. The van der Waals surface area contributed by atoms with Gasteiger partial charge in [-0.3, -0.25) is 9.59 Å². The summed E-state index contributed by atoms with van der Waals surface area (Å²) in [6, 6.07) is 0. The fraction of sp³-hybridized carbons (Fsp3) is 0.846. The third kappa shape index (κ3) is 5.03. The van der Waals surface area contributed by atoms with Crippen LogP contribution in [-0.4, -0.2) is 58.6 Å². The monoisotopic (exact) mass is 288 g/mol. The zero-order chi connectivity index (χ0) is 14.3. The maximum absolute atomic E-state index is 11.9. The minimum atomic E-state index is -0.952. The van der Waals surface area contributed by atoms with E-state index in [9.17, 15) is 14.7 Å². The molecule has 2 N–H and O–H groups in total. The number of amides is 1. The lowest BCUT2D eigenvalue weighted by Crippen LogP contribution is -2.52. The van der Waals surface area contributed by atoms with Crippen molar-refractivity contribution >= 4 is 23.6 Å². The van der Waals surface area contributed by atoms with Gasteiger partial charge in [0.05, 0.1) is 5.75 Å². The van der Waals surface area contributed by atoms with E-state index in [4.69, 9.17) is 0 Å². The van der Waals surface area contributed by atoms with E-state index in [1.165, 1.54) is 11.8 Å². The molecule has 1 heterocycles. The van der Waals surface area contributed by atoms with Crippen molar-refractivity contribution in [3.63, 3.8) is 0 Å². The van der Waals surface area contributed by atoms with Crippen molar-refractivity contribution in [1.29, 1.82) is 0 Å². The van der Waals surface area contributed by atoms with Crippen molar-refractivity contribution in [3.05, 3.63) is 0 Å². The van der Waals surface area contributed by atoms with Crippen LogP contribution in [-0.2, 0) is 9.59 Å². The van der Waals surface area contributed by atoms with Crippen LogP contribution < -0.4 is 5.32 Å². The number of aliphatic carboxylic acids is 1. The number of carbonyl (C=O) groups is 2.